The van der Waals surface area contributed by atoms with E-state index in [1.807, 2.05) is 0 Å². The molecule has 8 heteroatoms. The van der Waals surface area contributed by atoms with Crippen LogP contribution in [0.25, 0.3) is 0 Å². The molecule has 8 nitrogen and oxygen atoms in total. The number of rotatable bonds is 6. The SMILES string of the molecule is CCNC(=O)NC(=O)[C@H](OC(=O)c1[nH]c(C)c([C@H](C)O)c1C)c1ccccc1. The lowest BCUT2D eigenvalue weighted by molar-refractivity contribution is -0.129. The molecule has 3 amide bonds. The molecule has 1 heterocycles. The minimum absolute atomic E-state index is 0.153. The number of nitrogens with one attached hydrogen (secondary N) is 3. The molecule has 0 aliphatic carbocycles. The van der Waals surface area contributed by atoms with Gasteiger partial charge in [0, 0.05) is 23.4 Å². The molecule has 1 aromatic heterocycles. The maximum Gasteiger partial charge on any atom is 0.356 e. The molecule has 28 heavy (non-hydrogen) atoms. The van der Waals surface area contributed by atoms with Crippen LogP contribution >= 0.6 is 0 Å². The van der Waals surface area contributed by atoms with Crippen molar-refractivity contribution in [3.05, 3.63) is 58.4 Å². The fourth-order valence-corrected chi connectivity index (χ4v) is 3.04. The van der Waals surface area contributed by atoms with Gasteiger partial charge in [0.25, 0.3) is 5.91 Å². The highest BCUT2D eigenvalue weighted by Gasteiger charge is 2.29. The van der Waals surface area contributed by atoms with Crippen molar-refractivity contribution in [2.45, 2.75) is 39.9 Å². The van der Waals surface area contributed by atoms with Gasteiger partial charge in [-0.25, -0.2) is 9.59 Å². The van der Waals surface area contributed by atoms with E-state index in [-0.39, 0.29) is 5.69 Å². The van der Waals surface area contributed by atoms with E-state index in [4.69, 9.17) is 4.74 Å². The van der Waals surface area contributed by atoms with Gasteiger partial charge < -0.3 is 20.1 Å². The summed E-state index contributed by atoms with van der Waals surface area (Å²) in [6.45, 7) is 7.09. The smallest absolute Gasteiger partial charge is 0.356 e. The van der Waals surface area contributed by atoms with E-state index in [1.165, 1.54) is 0 Å². The van der Waals surface area contributed by atoms with Gasteiger partial charge >= 0.3 is 12.0 Å². The Morgan fingerprint density at radius 1 is 1.18 bits per heavy atom. The molecular weight excluding hydrogens is 362 g/mol. The van der Waals surface area contributed by atoms with Crippen molar-refractivity contribution >= 4 is 17.9 Å². The molecule has 0 aliphatic heterocycles. The summed E-state index contributed by atoms with van der Waals surface area (Å²) >= 11 is 0. The molecule has 2 atom stereocenters. The zero-order valence-corrected chi connectivity index (χ0v) is 16.3. The molecule has 0 saturated carbocycles. The number of amides is 3. The molecule has 1 aromatic carbocycles. The van der Waals surface area contributed by atoms with Crippen LogP contribution in [0.15, 0.2) is 30.3 Å². The highest BCUT2D eigenvalue weighted by Crippen LogP contribution is 2.27. The third-order valence-corrected chi connectivity index (χ3v) is 4.26. The van der Waals surface area contributed by atoms with Gasteiger partial charge in [-0.1, -0.05) is 30.3 Å². The first-order valence-electron chi connectivity index (χ1n) is 8.98. The molecule has 2 rings (SSSR count). The summed E-state index contributed by atoms with van der Waals surface area (Å²) in [5, 5.41) is 14.5. The van der Waals surface area contributed by atoms with Crippen molar-refractivity contribution in [3.8, 4) is 0 Å². The van der Waals surface area contributed by atoms with Crippen molar-refractivity contribution in [3.63, 3.8) is 0 Å². The monoisotopic (exact) mass is 387 g/mol. The minimum atomic E-state index is -1.31. The first-order chi connectivity index (χ1) is 13.3. The number of aryl methyl sites for hydroxylation is 1. The van der Waals surface area contributed by atoms with Gasteiger partial charge in [0.15, 0.2) is 0 Å². The summed E-state index contributed by atoms with van der Waals surface area (Å²) < 4.78 is 5.45. The van der Waals surface area contributed by atoms with E-state index in [9.17, 15) is 19.5 Å². The van der Waals surface area contributed by atoms with Crippen molar-refractivity contribution in [1.29, 1.82) is 0 Å². The Labute approximate surface area is 163 Å². The van der Waals surface area contributed by atoms with E-state index in [0.717, 1.165) is 0 Å². The zero-order chi connectivity index (χ0) is 20.8. The van der Waals surface area contributed by atoms with E-state index in [0.29, 0.717) is 28.9 Å². The summed E-state index contributed by atoms with van der Waals surface area (Å²) in [6, 6.07) is 7.74. The fourth-order valence-electron chi connectivity index (χ4n) is 3.04. The molecule has 0 fully saturated rings. The normalized spacial score (nSPS) is 12.8. The summed E-state index contributed by atoms with van der Waals surface area (Å²) in [5.41, 5.74) is 2.38. The van der Waals surface area contributed by atoms with Crippen LogP contribution in [0, 0.1) is 13.8 Å². The number of hydrogen-bond donors (Lipinski definition) is 4. The number of aliphatic hydroxyl groups is 1. The van der Waals surface area contributed by atoms with Crippen LogP contribution in [-0.4, -0.2) is 34.5 Å². The minimum Gasteiger partial charge on any atom is -0.443 e. The number of benzene rings is 1. The number of esters is 1. The second kappa shape index (κ2) is 9.18. The lowest BCUT2D eigenvalue weighted by Gasteiger charge is -2.17. The molecule has 2 aromatic rings. The molecule has 150 valence electrons. The fraction of sp³-hybridized carbons (Fsp3) is 0.350. The number of aromatic amines is 1. The van der Waals surface area contributed by atoms with E-state index in [2.05, 4.69) is 15.6 Å². The topological polar surface area (TPSA) is 121 Å². The van der Waals surface area contributed by atoms with E-state index in [1.54, 1.807) is 58.0 Å². The zero-order valence-electron chi connectivity index (χ0n) is 16.3. The maximum absolute atomic E-state index is 12.7. The van der Waals surface area contributed by atoms with Crippen molar-refractivity contribution in [2.24, 2.45) is 0 Å². The Balaban J connectivity index is 2.30. The lowest BCUT2D eigenvalue weighted by Crippen LogP contribution is -2.42. The first-order valence-corrected chi connectivity index (χ1v) is 8.98. The predicted molar refractivity (Wildman–Crippen MR) is 103 cm³/mol. The number of imide groups is 1. The van der Waals surface area contributed by atoms with E-state index >= 15 is 0 Å². The number of hydrogen-bond acceptors (Lipinski definition) is 5. The molecule has 0 spiro atoms. The Morgan fingerprint density at radius 2 is 1.82 bits per heavy atom. The van der Waals surface area contributed by atoms with Gasteiger partial charge in [0.1, 0.15) is 5.69 Å². The quantitative estimate of drug-likeness (QED) is 0.567. The maximum atomic E-state index is 12.7. The number of aromatic nitrogens is 1. The van der Waals surface area contributed by atoms with Gasteiger partial charge in [0.05, 0.1) is 6.10 Å². The summed E-state index contributed by atoms with van der Waals surface area (Å²) in [7, 11) is 0. The van der Waals surface area contributed by atoms with Crippen molar-refractivity contribution in [2.75, 3.05) is 6.54 Å². The van der Waals surface area contributed by atoms with Crippen LogP contribution < -0.4 is 10.6 Å². The largest absolute Gasteiger partial charge is 0.443 e. The second-order valence-corrected chi connectivity index (χ2v) is 6.38. The van der Waals surface area contributed by atoms with Gasteiger partial charge in [0.2, 0.25) is 6.10 Å². The summed E-state index contributed by atoms with van der Waals surface area (Å²) in [4.78, 5) is 39.9. The van der Waals surface area contributed by atoms with Crippen molar-refractivity contribution < 1.29 is 24.2 Å². The Bertz CT molecular complexity index is 858. The van der Waals surface area contributed by atoms with Gasteiger partial charge in [-0.05, 0) is 33.3 Å². The number of aliphatic hydroxyl groups excluding tert-OH is 1. The third-order valence-electron chi connectivity index (χ3n) is 4.26. The average Bonchev–Trinajstić information content (AvgIpc) is 2.94. The van der Waals surface area contributed by atoms with Crippen molar-refractivity contribution in [1.82, 2.24) is 15.6 Å². The first kappa shape index (κ1) is 21.2. The number of H-pyrrole nitrogens is 1. The van der Waals surface area contributed by atoms with Crippen LogP contribution in [0.3, 0.4) is 0 Å². The molecule has 0 radical (unpaired) electrons. The summed E-state index contributed by atoms with van der Waals surface area (Å²) in [5.74, 6) is -1.52. The molecule has 0 aliphatic rings. The van der Waals surface area contributed by atoms with Crippen LogP contribution in [-0.2, 0) is 9.53 Å². The number of ether oxygens (including phenoxy) is 1. The number of urea groups is 1. The van der Waals surface area contributed by atoms with Crippen LogP contribution in [0.1, 0.15) is 58.9 Å². The highest BCUT2D eigenvalue weighted by atomic mass is 16.5. The third kappa shape index (κ3) is 4.77. The highest BCUT2D eigenvalue weighted by molar-refractivity contribution is 5.99. The molecule has 4 N–H and O–H groups in total. The van der Waals surface area contributed by atoms with Gasteiger partial charge in [-0.2, -0.15) is 0 Å². The Hall–Kier alpha value is -3.13. The average molecular weight is 387 g/mol. The molecule has 0 unspecified atom stereocenters. The standard InChI is InChI=1S/C20H25N3O5/c1-5-21-20(27)23-18(25)17(14-9-7-6-8-10-14)28-19(26)16-11(2)15(13(4)24)12(3)22-16/h6-10,13,17,22,24H,5H2,1-4H3,(H2,21,23,25,27)/t13-,17+/m0/s1. The lowest BCUT2D eigenvalue weighted by atomic mass is 10.1. The Morgan fingerprint density at radius 3 is 2.36 bits per heavy atom. The predicted octanol–water partition coefficient (Wildman–Crippen LogP) is 2.43. The summed E-state index contributed by atoms with van der Waals surface area (Å²) in [6.07, 6.45) is -2.07. The van der Waals surface area contributed by atoms with Crippen LogP contribution in [0.5, 0.6) is 0 Å². The van der Waals surface area contributed by atoms with Crippen LogP contribution in [0.2, 0.25) is 0 Å². The van der Waals surface area contributed by atoms with E-state index < -0.39 is 30.1 Å². The van der Waals surface area contributed by atoms with Gasteiger partial charge in [-0.3, -0.25) is 10.1 Å². The second-order valence-electron chi connectivity index (χ2n) is 6.38. The van der Waals surface area contributed by atoms with Gasteiger partial charge in [-0.15, -0.1) is 0 Å². The molecule has 0 saturated heterocycles. The number of carbonyl (C=O) groups is 3. The Kier molecular flexibility index (Phi) is 6.94. The molecule has 0 bridgehead atoms. The molecular formula is C20H25N3O5. The van der Waals surface area contributed by atoms with Crippen LogP contribution in [0.4, 0.5) is 4.79 Å². The number of carbonyl (C=O) groups excluding carboxylic acids is 3.